The van der Waals surface area contributed by atoms with Crippen LogP contribution in [-0.4, -0.2) is 14.7 Å². The fourth-order valence-electron chi connectivity index (χ4n) is 2.05. The molecule has 0 aliphatic carbocycles. The smallest absolute Gasteiger partial charge is 0.313 e. The maximum absolute atomic E-state index is 5.37. The highest BCUT2D eigenvalue weighted by atomic mass is 16.3. The Morgan fingerprint density at radius 1 is 1.18 bits per heavy atom. The van der Waals surface area contributed by atoms with Gasteiger partial charge in [0.2, 0.25) is 0 Å². The van der Waals surface area contributed by atoms with Crippen LogP contribution in [-0.2, 0) is 0 Å². The molecule has 0 atom stereocenters. The van der Waals surface area contributed by atoms with E-state index in [2.05, 4.69) is 10.1 Å². The number of rotatable bonds is 1. The Morgan fingerprint density at radius 3 is 3.00 bits per heavy atom. The lowest BCUT2D eigenvalue weighted by Gasteiger charge is -1.84. The zero-order valence-corrected chi connectivity index (χ0v) is 8.87. The van der Waals surface area contributed by atoms with E-state index in [1.54, 1.807) is 12.6 Å². The van der Waals surface area contributed by atoms with Crippen molar-refractivity contribution in [2.75, 3.05) is 0 Å². The number of hydrogen-bond donors (Lipinski definition) is 1. The molecule has 0 saturated carbocycles. The van der Waals surface area contributed by atoms with E-state index in [0.29, 0.717) is 0 Å². The van der Waals surface area contributed by atoms with Gasteiger partial charge in [-0.2, -0.15) is 5.10 Å². The first kappa shape index (κ1) is 8.58. The molecule has 1 N–H and O–H groups in total. The van der Waals surface area contributed by atoms with Gasteiger partial charge in [0.15, 0.2) is 16.8 Å². The summed E-state index contributed by atoms with van der Waals surface area (Å²) in [5, 5.41) is 3.27. The summed E-state index contributed by atoms with van der Waals surface area (Å²) in [6.45, 7) is 0. The van der Waals surface area contributed by atoms with Crippen molar-refractivity contribution in [2.24, 2.45) is 0 Å². The van der Waals surface area contributed by atoms with Crippen molar-refractivity contribution in [2.45, 2.75) is 0 Å². The number of nitrogens with zero attached hydrogens (tertiary/aromatic N) is 3. The highest BCUT2D eigenvalue weighted by Gasteiger charge is 2.19. The van der Waals surface area contributed by atoms with Crippen LogP contribution in [0.3, 0.4) is 0 Å². The molecule has 4 rings (SSSR count). The van der Waals surface area contributed by atoms with Gasteiger partial charge in [-0.1, -0.05) is 21.7 Å². The molecule has 0 aliphatic rings. The van der Waals surface area contributed by atoms with Crippen molar-refractivity contribution in [1.29, 1.82) is 0 Å². The first-order chi connectivity index (χ1) is 8.43. The van der Waals surface area contributed by atoms with Crippen LogP contribution in [0.1, 0.15) is 0 Å². The maximum Gasteiger partial charge on any atom is 0.313 e. The summed E-state index contributed by atoms with van der Waals surface area (Å²) >= 11 is 0. The maximum atomic E-state index is 5.37. The normalized spacial score (nSPS) is 11.5. The van der Waals surface area contributed by atoms with Crippen molar-refractivity contribution >= 4 is 11.0 Å². The van der Waals surface area contributed by atoms with E-state index in [1.807, 2.05) is 45.5 Å². The van der Waals surface area contributed by atoms with Crippen LogP contribution in [0, 0.1) is 0 Å². The van der Waals surface area contributed by atoms with Gasteiger partial charge in [-0.15, -0.1) is 4.52 Å². The average molecular weight is 225 g/mol. The minimum atomic E-state index is 0.740. The average Bonchev–Trinajstić information content (AvgIpc) is 3.04. The largest absolute Gasteiger partial charge is 0.459 e. The third-order valence-corrected chi connectivity index (χ3v) is 2.82. The third-order valence-electron chi connectivity index (χ3n) is 2.82. The second kappa shape index (κ2) is 2.98. The Morgan fingerprint density at radius 2 is 2.12 bits per heavy atom. The molecular weight excluding hydrogens is 216 g/mol. The van der Waals surface area contributed by atoms with Gasteiger partial charge in [-0.3, -0.25) is 0 Å². The molecule has 0 spiro atoms. The Labute approximate surface area is 95.9 Å². The molecule has 0 bridgehead atoms. The van der Waals surface area contributed by atoms with Crippen LogP contribution in [0.4, 0.5) is 0 Å². The van der Waals surface area contributed by atoms with Crippen LogP contribution >= 0.6 is 0 Å². The fraction of sp³-hybridized carbons (Fsp3) is 0. The van der Waals surface area contributed by atoms with Crippen molar-refractivity contribution in [1.82, 2.24) is 14.7 Å². The Bertz CT molecular complexity index is 794. The summed E-state index contributed by atoms with van der Waals surface area (Å²) < 4.78 is 9.18. The molecule has 3 aromatic heterocycles. The predicted molar refractivity (Wildman–Crippen MR) is 60.4 cm³/mol. The Kier molecular flexibility index (Phi) is 1.50. The number of furan rings is 1. The number of benzene rings is 1. The van der Waals surface area contributed by atoms with E-state index in [0.717, 1.165) is 22.6 Å². The van der Waals surface area contributed by atoms with Crippen molar-refractivity contribution in [3.63, 3.8) is 0 Å². The van der Waals surface area contributed by atoms with Gasteiger partial charge in [-0.05, 0) is 24.3 Å². The summed E-state index contributed by atoms with van der Waals surface area (Å²) in [5.74, 6) is 1.50. The van der Waals surface area contributed by atoms with Gasteiger partial charge >= 0.3 is 5.82 Å². The topological polar surface area (TPSA) is 50.3 Å². The Hall–Kier alpha value is -2.56. The van der Waals surface area contributed by atoms with E-state index in [-0.39, 0.29) is 0 Å². The molecule has 5 nitrogen and oxygen atoms in total. The number of fused-ring (bicyclic) bond motifs is 3. The summed E-state index contributed by atoms with van der Waals surface area (Å²) in [7, 11) is 0. The molecule has 0 saturated heterocycles. The lowest BCUT2D eigenvalue weighted by atomic mass is 10.3. The van der Waals surface area contributed by atoms with Crippen LogP contribution in [0.2, 0.25) is 0 Å². The Balaban J connectivity index is 2.13. The molecule has 0 unspecified atom stereocenters. The molecule has 0 radical (unpaired) electrons. The first-order valence-corrected chi connectivity index (χ1v) is 5.33. The molecule has 82 valence electrons. The van der Waals surface area contributed by atoms with Crippen LogP contribution < -0.4 is 4.52 Å². The second-order valence-electron chi connectivity index (χ2n) is 3.83. The number of hydrogen-bond acceptors (Lipinski definition) is 2. The molecule has 0 aliphatic heterocycles. The van der Waals surface area contributed by atoms with Crippen LogP contribution in [0.5, 0.6) is 0 Å². The quantitative estimate of drug-likeness (QED) is 0.501. The van der Waals surface area contributed by atoms with E-state index in [1.165, 1.54) is 0 Å². The van der Waals surface area contributed by atoms with Gasteiger partial charge in [0, 0.05) is 0 Å². The minimum Gasteiger partial charge on any atom is -0.459 e. The number of H-pyrrole nitrogens is 1. The van der Waals surface area contributed by atoms with E-state index in [9.17, 15) is 0 Å². The zero-order valence-electron chi connectivity index (χ0n) is 8.87. The van der Waals surface area contributed by atoms with E-state index >= 15 is 0 Å². The predicted octanol–water partition coefficient (Wildman–Crippen LogP) is 1.66. The molecule has 1 aromatic carbocycles. The zero-order chi connectivity index (χ0) is 11.2. The molecule has 0 amide bonds. The van der Waals surface area contributed by atoms with Gasteiger partial charge in [0.05, 0.1) is 6.26 Å². The van der Waals surface area contributed by atoms with Gasteiger partial charge in [0.1, 0.15) is 0 Å². The summed E-state index contributed by atoms with van der Waals surface area (Å²) in [6.07, 6.45) is 3.42. The molecule has 0 fully saturated rings. The van der Waals surface area contributed by atoms with Crippen molar-refractivity contribution in [3.8, 4) is 11.6 Å². The van der Waals surface area contributed by atoms with Gasteiger partial charge in [-0.25, -0.2) is 0 Å². The number of para-hydroxylation sites is 2. The number of aromatic nitrogens is 4. The number of nitrogens with one attached hydrogen (secondary N) is 1. The van der Waals surface area contributed by atoms with Crippen LogP contribution in [0.15, 0.2) is 53.4 Å². The fourth-order valence-corrected chi connectivity index (χ4v) is 2.05. The lowest BCUT2D eigenvalue weighted by molar-refractivity contribution is -0.593. The van der Waals surface area contributed by atoms with E-state index < -0.39 is 0 Å². The number of aromatic amines is 1. The summed E-state index contributed by atoms with van der Waals surface area (Å²) in [5.41, 5.74) is 2.14. The standard InChI is InChI=1S/C12H9N4O/c1-2-5-10-9(4-1)14-16-12(13-8-15(10)16)11-6-3-7-17-11/h1-8,14H/q+1. The molecule has 4 aromatic rings. The first-order valence-electron chi connectivity index (χ1n) is 5.33. The van der Waals surface area contributed by atoms with Gasteiger partial charge in [0.25, 0.3) is 6.33 Å². The highest BCUT2D eigenvalue weighted by molar-refractivity contribution is 5.70. The summed E-state index contributed by atoms with van der Waals surface area (Å²) in [4.78, 5) is 4.35. The molecule has 3 heterocycles. The van der Waals surface area contributed by atoms with Crippen LogP contribution in [0.25, 0.3) is 22.6 Å². The monoisotopic (exact) mass is 225 g/mol. The van der Waals surface area contributed by atoms with Crippen molar-refractivity contribution < 1.29 is 8.93 Å². The SMILES string of the molecule is c1coc(-c2nc[n+]3c4ccccc4[nH]n23)c1. The second-order valence-corrected chi connectivity index (χ2v) is 3.83. The lowest BCUT2D eigenvalue weighted by Crippen LogP contribution is -2.24. The molecule has 5 heteroatoms. The molecule has 17 heavy (non-hydrogen) atoms. The molecular formula is C12H9N4O+. The highest BCUT2D eigenvalue weighted by Crippen LogP contribution is 2.16. The summed E-state index contributed by atoms with van der Waals surface area (Å²) in [6, 6.07) is 11.8. The van der Waals surface area contributed by atoms with Gasteiger partial charge < -0.3 is 4.42 Å². The van der Waals surface area contributed by atoms with Crippen molar-refractivity contribution in [3.05, 3.63) is 49.0 Å². The third kappa shape index (κ3) is 1.08. The van der Waals surface area contributed by atoms with E-state index in [4.69, 9.17) is 4.42 Å². The minimum absolute atomic E-state index is 0.740.